The summed E-state index contributed by atoms with van der Waals surface area (Å²) in [5.74, 6) is 0.219. The van der Waals surface area contributed by atoms with E-state index in [1.165, 1.54) is 11.1 Å². The first-order valence-corrected chi connectivity index (χ1v) is 10.3. The Bertz CT molecular complexity index is 750. The van der Waals surface area contributed by atoms with E-state index in [4.69, 9.17) is 0 Å². The molecule has 27 heavy (non-hydrogen) atoms. The first kappa shape index (κ1) is 19.4. The summed E-state index contributed by atoms with van der Waals surface area (Å²) in [5.41, 5.74) is 6.87. The number of ketones is 1. The number of allylic oxidation sites excluding steroid dienone is 2. The van der Waals surface area contributed by atoms with Crippen LogP contribution in [0.3, 0.4) is 0 Å². The summed E-state index contributed by atoms with van der Waals surface area (Å²) < 4.78 is 0. The van der Waals surface area contributed by atoms with Gasteiger partial charge in [-0.3, -0.25) is 4.79 Å². The van der Waals surface area contributed by atoms with Crippen molar-refractivity contribution >= 4 is 17.9 Å². The normalized spacial score (nSPS) is 17.6. The van der Waals surface area contributed by atoms with Gasteiger partial charge in [-0.25, -0.2) is 0 Å². The maximum Gasteiger partial charge on any atom is 0.185 e. The van der Waals surface area contributed by atoms with Crippen LogP contribution in [0, 0.1) is 0 Å². The van der Waals surface area contributed by atoms with E-state index in [0.717, 1.165) is 67.2 Å². The van der Waals surface area contributed by atoms with Crippen molar-refractivity contribution < 1.29 is 4.79 Å². The zero-order valence-electron chi connectivity index (χ0n) is 16.6. The molecule has 140 valence electrons. The van der Waals surface area contributed by atoms with Gasteiger partial charge >= 0.3 is 0 Å². The van der Waals surface area contributed by atoms with E-state index in [1.807, 2.05) is 0 Å². The van der Waals surface area contributed by atoms with Crippen LogP contribution in [0.2, 0.25) is 0 Å². The Morgan fingerprint density at radius 3 is 1.48 bits per heavy atom. The average Bonchev–Trinajstić information content (AvgIpc) is 2.68. The standard InChI is InChI=1S/C26H30O/c1-3-6-20-10-14-22(15-11-20)18-24-8-5-9-25(26(24)27)19-23-16-12-21(7-4-2)13-17-23/h10-19H,3-9H2,1-2H3. The predicted molar refractivity (Wildman–Crippen MR) is 116 cm³/mol. The molecule has 0 unspecified atom stereocenters. The third-order valence-corrected chi connectivity index (χ3v) is 5.19. The number of hydrogen-bond acceptors (Lipinski definition) is 1. The topological polar surface area (TPSA) is 17.1 Å². The molecule has 2 aromatic rings. The van der Waals surface area contributed by atoms with Gasteiger partial charge in [0.15, 0.2) is 5.78 Å². The number of carbonyl (C=O) groups is 1. The Morgan fingerprint density at radius 2 is 1.11 bits per heavy atom. The van der Waals surface area contributed by atoms with Gasteiger partial charge in [0.1, 0.15) is 0 Å². The summed E-state index contributed by atoms with van der Waals surface area (Å²) in [6.45, 7) is 4.39. The smallest absolute Gasteiger partial charge is 0.185 e. The Labute approximate surface area is 163 Å². The molecule has 0 amide bonds. The Kier molecular flexibility index (Phi) is 6.81. The van der Waals surface area contributed by atoms with E-state index >= 15 is 0 Å². The van der Waals surface area contributed by atoms with Gasteiger partial charge in [-0.05, 0) is 66.5 Å². The number of rotatable bonds is 6. The van der Waals surface area contributed by atoms with Crippen LogP contribution in [0.4, 0.5) is 0 Å². The molecule has 3 rings (SSSR count). The Hall–Kier alpha value is -2.41. The molecule has 0 aliphatic heterocycles. The summed E-state index contributed by atoms with van der Waals surface area (Å²) in [7, 11) is 0. The van der Waals surface area contributed by atoms with Crippen LogP contribution in [0.15, 0.2) is 59.7 Å². The van der Waals surface area contributed by atoms with E-state index in [0.29, 0.717) is 0 Å². The zero-order chi connectivity index (χ0) is 19.1. The van der Waals surface area contributed by atoms with Gasteiger partial charge in [-0.15, -0.1) is 0 Å². The number of benzene rings is 2. The molecule has 2 aromatic carbocycles. The van der Waals surface area contributed by atoms with Crippen LogP contribution in [0.5, 0.6) is 0 Å². The van der Waals surface area contributed by atoms with Crippen LogP contribution in [0.1, 0.15) is 68.2 Å². The summed E-state index contributed by atoms with van der Waals surface area (Å²) >= 11 is 0. The van der Waals surface area contributed by atoms with Crippen LogP contribution < -0.4 is 0 Å². The molecule has 1 aliphatic rings. The van der Waals surface area contributed by atoms with Crippen molar-refractivity contribution in [2.45, 2.75) is 58.8 Å². The lowest BCUT2D eigenvalue weighted by atomic mass is 9.86. The molecule has 0 heterocycles. The molecule has 0 bridgehead atoms. The van der Waals surface area contributed by atoms with Gasteiger partial charge in [0.25, 0.3) is 0 Å². The molecule has 1 saturated carbocycles. The second-order valence-electron chi connectivity index (χ2n) is 7.50. The number of Topliss-reactive ketones (excluding diaryl/α,β-unsaturated/α-hetero) is 1. The average molecular weight is 359 g/mol. The summed E-state index contributed by atoms with van der Waals surface area (Å²) in [6, 6.07) is 17.3. The van der Waals surface area contributed by atoms with Crippen LogP contribution in [0.25, 0.3) is 12.2 Å². The van der Waals surface area contributed by atoms with Gasteiger partial charge in [-0.1, -0.05) is 75.2 Å². The van der Waals surface area contributed by atoms with Crippen molar-refractivity contribution in [1.29, 1.82) is 0 Å². The second kappa shape index (κ2) is 9.50. The molecule has 0 spiro atoms. The minimum Gasteiger partial charge on any atom is -0.289 e. The van der Waals surface area contributed by atoms with Crippen molar-refractivity contribution in [2.75, 3.05) is 0 Å². The highest BCUT2D eigenvalue weighted by Crippen LogP contribution is 2.28. The molecule has 0 N–H and O–H groups in total. The highest BCUT2D eigenvalue weighted by molar-refractivity contribution is 6.13. The van der Waals surface area contributed by atoms with Crippen LogP contribution >= 0.6 is 0 Å². The monoisotopic (exact) mass is 358 g/mol. The third kappa shape index (κ3) is 5.29. The zero-order valence-corrected chi connectivity index (χ0v) is 16.6. The lowest BCUT2D eigenvalue weighted by Gasteiger charge is -2.16. The summed E-state index contributed by atoms with van der Waals surface area (Å²) in [6.07, 6.45) is 11.5. The molecule has 1 aliphatic carbocycles. The first-order valence-electron chi connectivity index (χ1n) is 10.3. The van der Waals surface area contributed by atoms with Crippen molar-refractivity contribution in [3.63, 3.8) is 0 Å². The van der Waals surface area contributed by atoms with E-state index in [9.17, 15) is 4.79 Å². The number of carbonyl (C=O) groups excluding carboxylic acids is 1. The van der Waals surface area contributed by atoms with Gasteiger partial charge < -0.3 is 0 Å². The minimum atomic E-state index is 0.219. The fourth-order valence-corrected chi connectivity index (χ4v) is 3.72. The van der Waals surface area contributed by atoms with Gasteiger partial charge in [0.2, 0.25) is 0 Å². The molecular formula is C26H30O. The summed E-state index contributed by atoms with van der Waals surface area (Å²) in [4.78, 5) is 12.9. The fourth-order valence-electron chi connectivity index (χ4n) is 3.72. The molecule has 0 saturated heterocycles. The van der Waals surface area contributed by atoms with Crippen molar-refractivity contribution in [1.82, 2.24) is 0 Å². The Balaban J connectivity index is 1.76. The maximum absolute atomic E-state index is 12.9. The first-order chi connectivity index (χ1) is 13.2. The van der Waals surface area contributed by atoms with Gasteiger partial charge in [0.05, 0.1) is 0 Å². The molecular weight excluding hydrogens is 328 g/mol. The number of hydrogen-bond donors (Lipinski definition) is 0. The second-order valence-corrected chi connectivity index (χ2v) is 7.50. The quantitative estimate of drug-likeness (QED) is 0.518. The van der Waals surface area contributed by atoms with Crippen molar-refractivity contribution in [3.8, 4) is 0 Å². The van der Waals surface area contributed by atoms with E-state index in [1.54, 1.807) is 0 Å². The van der Waals surface area contributed by atoms with Crippen LogP contribution in [-0.2, 0) is 17.6 Å². The van der Waals surface area contributed by atoms with Crippen molar-refractivity contribution in [3.05, 3.63) is 81.9 Å². The lowest BCUT2D eigenvalue weighted by Crippen LogP contribution is -2.12. The van der Waals surface area contributed by atoms with Crippen molar-refractivity contribution in [2.24, 2.45) is 0 Å². The number of aryl methyl sites for hydroxylation is 2. The molecule has 0 radical (unpaired) electrons. The third-order valence-electron chi connectivity index (χ3n) is 5.19. The molecule has 0 aromatic heterocycles. The predicted octanol–water partition coefficient (Wildman–Crippen LogP) is 6.81. The molecule has 1 heteroatoms. The van der Waals surface area contributed by atoms with E-state index in [2.05, 4.69) is 74.5 Å². The highest BCUT2D eigenvalue weighted by atomic mass is 16.1. The lowest BCUT2D eigenvalue weighted by molar-refractivity contribution is -0.112. The minimum absolute atomic E-state index is 0.219. The largest absolute Gasteiger partial charge is 0.289 e. The molecule has 1 fully saturated rings. The van der Waals surface area contributed by atoms with E-state index in [-0.39, 0.29) is 5.78 Å². The van der Waals surface area contributed by atoms with Gasteiger partial charge in [0, 0.05) is 11.1 Å². The maximum atomic E-state index is 12.9. The fraction of sp³-hybridized carbons (Fsp3) is 0.346. The Morgan fingerprint density at radius 1 is 0.704 bits per heavy atom. The molecule has 1 nitrogen and oxygen atoms in total. The van der Waals surface area contributed by atoms with E-state index < -0.39 is 0 Å². The highest BCUT2D eigenvalue weighted by Gasteiger charge is 2.20. The molecule has 0 atom stereocenters. The van der Waals surface area contributed by atoms with Gasteiger partial charge in [-0.2, -0.15) is 0 Å². The summed E-state index contributed by atoms with van der Waals surface area (Å²) in [5, 5.41) is 0. The SMILES string of the molecule is CCCc1ccc(C=C2CCCC(=Cc3ccc(CCC)cc3)C2=O)cc1. The van der Waals surface area contributed by atoms with Crippen LogP contribution in [-0.4, -0.2) is 5.78 Å².